The zero-order chi connectivity index (χ0) is 13.3. The van der Waals surface area contributed by atoms with Gasteiger partial charge in [0.05, 0.1) is 26.3 Å². The van der Waals surface area contributed by atoms with Gasteiger partial charge in [-0.2, -0.15) is 0 Å². The van der Waals surface area contributed by atoms with Gasteiger partial charge in [0.1, 0.15) is 5.52 Å². The molecule has 0 unspecified atom stereocenters. The summed E-state index contributed by atoms with van der Waals surface area (Å²) in [6, 6.07) is 3.64. The zero-order valence-corrected chi connectivity index (χ0v) is 12.3. The monoisotopic (exact) mass is 302 g/mol. The molecule has 0 aliphatic carbocycles. The highest BCUT2D eigenvalue weighted by molar-refractivity contribution is 7.16. The van der Waals surface area contributed by atoms with Crippen LogP contribution >= 0.6 is 34.5 Å². The molecular formula is C12H12Cl2N2OS. The fourth-order valence-electron chi connectivity index (χ4n) is 1.37. The Labute approximate surface area is 119 Å². The van der Waals surface area contributed by atoms with Gasteiger partial charge in [-0.1, -0.05) is 11.6 Å². The second kappa shape index (κ2) is 5.03. The summed E-state index contributed by atoms with van der Waals surface area (Å²) < 4.78 is 0.985. The Morgan fingerprint density at radius 3 is 2.89 bits per heavy atom. The maximum Gasteiger partial charge on any atom is 0.231 e. The average molecular weight is 303 g/mol. The molecule has 0 atom stereocenters. The molecule has 6 heteroatoms. The van der Waals surface area contributed by atoms with Crippen LogP contribution in [0.1, 0.15) is 13.8 Å². The minimum atomic E-state index is -0.650. The lowest BCUT2D eigenvalue weighted by Gasteiger charge is -2.20. The fraction of sp³-hybridized carbons (Fsp3) is 0.333. The van der Waals surface area contributed by atoms with E-state index in [1.54, 1.807) is 25.4 Å². The van der Waals surface area contributed by atoms with Crippen molar-refractivity contribution in [2.75, 3.05) is 11.2 Å². The van der Waals surface area contributed by atoms with E-state index in [1.807, 2.05) is 6.07 Å². The van der Waals surface area contributed by atoms with Crippen LogP contribution in [0.2, 0.25) is 5.02 Å². The summed E-state index contributed by atoms with van der Waals surface area (Å²) in [5.74, 6) is 0.0728. The van der Waals surface area contributed by atoms with Crippen molar-refractivity contribution in [2.24, 2.45) is 5.41 Å². The van der Waals surface area contributed by atoms with Gasteiger partial charge in [-0.25, -0.2) is 4.98 Å². The number of carbonyl (C=O) groups excluding carboxylic acids is 1. The lowest BCUT2D eigenvalue weighted by molar-refractivity contribution is -0.122. The minimum absolute atomic E-state index is 0.167. The molecule has 2 rings (SSSR count). The number of thiazole rings is 1. The van der Waals surface area contributed by atoms with Crippen molar-refractivity contribution >= 4 is 56.3 Å². The number of alkyl halides is 1. The lowest BCUT2D eigenvalue weighted by Crippen LogP contribution is -2.32. The number of anilines is 1. The van der Waals surface area contributed by atoms with Crippen molar-refractivity contribution in [3.63, 3.8) is 0 Å². The van der Waals surface area contributed by atoms with E-state index in [2.05, 4.69) is 10.3 Å². The number of halogens is 2. The van der Waals surface area contributed by atoms with E-state index in [0.717, 1.165) is 4.70 Å². The molecule has 0 radical (unpaired) electrons. The van der Waals surface area contributed by atoms with E-state index >= 15 is 0 Å². The molecule has 0 fully saturated rings. The Morgan fingerprint density at radius 2 is 2.22 bits per heavy atom. The standard InChI is InChI=1S/C12H12Cl2N2OS/c1-12(2,5-13)11(17)16-9-7(14)3-4-8-10(9)15-6-18-8/h3-4,6H,5H2,1-2H3,(H,16,17). The Kier molecular flexibility index (Phi) is 3.80. The number of nitrogens with one attached hydrogen (secondary N) is 1. The Bertz CT molecular complexity index is 595. The number of benzene rings is 1. The first-order valence-electron chi connectivity index (χ1n) is 5.35. The van der Waals surface area contributed by atoms with Gasteiger partial charge in [-0.15, -0.1) is 22.9 Å². The number of hydrogen-bond donors (Lipinski definition) is 1. The largest absolute Gasteiger partial charge is 0.322 e. The van der Waals surface area contributed by atoms with Crippen molar-refractivity contribution in [1.29, 1.82) is 0 Å². The zero-order valence-electron chi connectivity index (χ0n) is 9.96. The maximum atomic E-state index is 12.1. The van der Waals surface area contributed by atoms with Crippen molar-refractivity contribution in [2.45, 2.75) is 13.8 Å². The van der Waals surface area contributed by atoms with Crippen LogP contribution in [0.15, 0.2) is 17.6 Å². The van der Waals surface area contributed by atoms with E-state index in [9.17, 15) is 4.79 Å². The fourth-order valence-corrected chi connectivity index (χ4v) is 2.37. The molecule has 18 heavy (non-hydrogen) atoms. The van der Waals surface area contributed by atoms with E-state index in [4.69, 9.17) is 23.2 Å². The van der Waals surface area contributed by atoms with Gasteiger partial charge in [-0.3, -0.25) is 4.79 Å². The molecule has 2 aromatic rings. The molecule has 0 aliphatic heterocycles. The molecule has 1 amide bonds. The minimum Gasteiger partial charge on any atom is -0.322 e. The molecule has 1 aromatic carbocycles. The molecule has 3 nitrogen and oxygen atoms in total. The summed E-state index contributed by atoms with van der Waals surface area (Å²) in [5, 5.41) is 3.30. The normalized spacial score (nSPS) is 11.8. The summed E-state index contributed by atoms with van der Waals surface area (Å²) in [7, 11) is 0. The second-order valence-corrected chi connectivity index (χ2v) is 6.15. The van der Waals surface area contributed by atoms with E-state index in [0.29, 0.717) is 16.2 Å². The van der Waals surface area contributed by atoms with Gasteiger partial charge >= 0.3 is 0 Å². The summed E-state index contributed by atoms with van der Waals surface area (Å²) in [6.45, 7) is 3.56. The van der Waals surface area contributed by atoms with Crippen LogP contribution in [-0.2, 0) is 4.79 Å². The first-order chi connectivity index (χ1) is 8.45. The number of nitrogens with zero attached hydrogens (tertiary/aromatic N) is 1. The number of rotatable bonds is 3. The Morgan fingerprint density at radius 1 is 1.50 bits per heavy atom. The average Bonchev–Trinajstić information content (AvgIpc) is 2.81. The first-order valence-corrected chi connectivity index (χ1v) is 7.14. The second-order valence-electron chi connectivity index (χ2n) is 4.59. The van der Waals surface area contributed by atoms with Crippen LogP contribution in [0, 0.1) is 5.41 Å². The van der Waals surface area contributed by atoms with E-state index < -0.39 is 5.41 Å². The van der Waals surface area contributed by atoms with Crippen molar-refractivity contribution < 1.29 is 4.79 Å². The highest BCUT2D eigenvalue weighted by Crippen LogP contribution is 2.33. The number of carbonyl (C=O) groups is 1. The van der Waals surface area contributed by atoms with Crippen LogP contribution < -0.4 is 5.32 Å². The number of hydrogen-bond acceptors (Lipinski definition) is 3. The van der Waals surface area contributed by atoms with Crippen LogP contribution in [0.5, 0.6) is 0 Å². The summed E-state index contributed by atoms with van der Waals surface area (Å²) in [6.07, 6.45) is 0. The van der Waals surface area contributed by atoms with Gasteiger partial charge in [0.2, 0.25) is 5.91 Å². The molecule has 0 aliphatic rings. The predicted octanol–water partition coefficient (Wildman–Crippen LogP) is 4.15. The van der Waals surface area contributed by atoms with Crippen LogP contribution in [0.3, 0.4) is 0 Å². The molecule has 0 bridgehead atoms. The Hall–Kier alpha value is -0.840. The number of aromatic nitrogens is 1. The quantitative estimate of drug-likeness (QED) is 0.865. The van der Waals surface area contributed by atoms with Crippen molar-refractivity contribution in [3.05, 3.63) is 22.7 Å². The summed E-state index contributed by atoms with van der Waals surface area (Å²) >= 11 is 13.4. The highest BCUT2D eigenvalue weighted by atomic mass is 35.5. The number of amides is 1. The smallest absolute Gasteiger partial charge is 0.231 e. The lowest BCUT2D eigenvalue weighted by atomic mass is 9.95. The van der Waals surface area contributed by atoms with Gasteiger partial charge in [0.25, 0.3) is 0 Å². The van der Waals surface area contributed by atoms with Gasteiger partial charge in [0, 0.05) is 5.88 Å². The molecular weight excluding hydrogens is 291 g/mol. The third-order valence-electron chi connectivity index (χ3n) is 2.64. The van der Waals surface area contributed by atoms with E-state index in [1.165, 1.54) is 11.3 Å². The van der Waals surface area contributed by atoms with Crippen LogP contribution in [0.4, 0.5) is 5.69 Å². The number of fused-ring (bicyclic) bond motifs is 1. The third kappa shape index (κ3) is 2.46. The molecule has 1 aromatic heterocycles. The SMILES string of the molecule is CC(C)(CCl)C(=O)Nc1c(Cl)ccc2scnc12. The molecule has 0 spiro atoms. The molecule has 1 N–H and O–H groups in total. The Balaban J connectivity index is 2.40. The summed E-state index contributed by atoms with van der Waals surface area (Å²) in [5.41, 5.74) is 2.34. The van der Waals surface area contributed by atoms with Gasteiger partial charge in [-0.05, 0) is 26.0 Å². The summed E-state index contributed by atoms with van der Waals surface area (Å²) in [4.78, 5) is 16.3. The maximum absolute atomic E-state index is 12.1. The predicted molar refractivity (Wildman–Crippen MR) is 77.8 cm³/mol. The molecule has 96 valence electrons. The van der Waals surface area contributed by atoms with Crippen molar-refractivity contribution in [3.8, 4) is 0 Å². The topological polar surface area (TPSA) is 42.0 Å². The van der Waals surface area contributed by atoms with E-state index in [-0.39, 0.29) is 11.8 Å². The molecule has 0 saturated heterocycles. The highest BCUT2D eigenvalue weighted by Gasteiger charge is 2.27. The first kappa shape index (κ1) is 13.6. The van der Waals surface area contributed by atoms with Crippen LogP contribution in [-0.4, -0.2) is 16.8 Å². The molecule has 1 heterocycles. The van der Waals surface area contributed by atoms with Gasteiger partial charge < -0.3 is 5.32 Å². The third-order valence-corrected chi connectivity index (χ3v) is 4.42. The van der Waals surface area contributed by atoms with Crippen molar-refractivity contribution in [1.82, 2.24) is 4.98 Å². The van der Waals surface area contributed by atoms with Crippen LogP contribution in [0.25, 0.3) is 10.2 Å². The molecule has 0 saturated carbocycles. The van der Waals surface area contributed by atoms with Gasteiger partial charge in [0.15, 0.2) is 0 Å².